The van der Waals surface area contributed by atoms with Crippen molar-refractivity contribution in [3.63, 3.8) is 0 Å². The normalized spacial score (nSPS) is 18.9. The second kappa shape index (κ2) is 4.44. The number of nitro groups is 1. The van der Waals surface area contributed by atoms with Crippen LogP contribution in [0.25, 0.3) is 0 Å². The summed E-state index contributed by atoms with van der Waals surface area (Å²) in [7, 11) is 0. The van der Waals surface area contributed by atoms with Crippen molar-refractivity contribution < 1.29 is 9.66 Å². The van der Waals surface area contributed by atoms with Crippen molar-refractivity contribution >= 4 is 5.69 Å². The van der Waals surface area contributed by atoms with E-state index in [1.807, 2.05) is 0 Å². The molecule has 1 saturated heterocycles. The summed E-state index contributed by atoms with van der Waals surface area (Å²) < 4.78 is 5.43. The Morgan fingerprint density at radius 1 is 1.75 bits per heavy atom. The minimum Gasteiger partial charge on any atom is -0.490 e. The zero-order chi connectivity index (χ0) is 11.5. The van der Waals surface area contributed by atoms with Crippen molar-refractivity contribution in [2.45, 2.75) is 19.4 Å². The van der Waals surface area contributed by atoms with Crippen molar-refractivity contribution in [1.29, 1.82) is 0 Å². The summed E-state index contributed by atoms with van der Waals surface area (Å²) in [6, 6.07) is 1.78. The molecule has 1 fully saturated rings. The van der Waals surface area contributed by atoms with Crippen molar-refractivity contribution in [2.24, 2.45) is 0 Å². The number of nitrogens with zero attached hydrogens (tertiary/aromatic N) is 2. The van der Waals surface area contributed by atoms with E-state index in [4.69, 9.17) is 4.74 Å². The highest BCUT2D eigenvalue weighted by molar-refractivity contribution is 5.40. The smallest absolute Gasteiger partial charge is 0.294 e. The summed E-state index contributed by atoms with van der Waals surface area (Å²) >= 11 is 0. The van der Waals surface area contributed by atoms with E-state index in [0.717, 1.165) is 13.0 Å². The third-order valence-electron chi connectivity index (χ3n) is 2.61. The third-order valence-corrected chi connectivity index (χ3v) is 2.61. The van der Waals surface area contributed by atoms with Gasteiger partial charge in [-0.2, -0.15) is 0 Å². The predicted octanol–water partition coefficient (Wildman–Crippen LogP) is 1.04. The molecule has 1 aromatic heterocycles. The fraction of sp³-hybridized carbons (Fsp3) is 0.500. The number of aryl methyl sites for hydroxylation is 1. The largest absolute Gasteiger partial charge is 0.490 e. The molecule has 0 amide bonds. The molecule has 1 aliphatic rings. The maximum atomic E-state index is 10.7. The lowest BCUT2D eigenvalue weighted by atomic mass is 10.1. The number of hydrogen-bond acceptors (Lipinski definition) is 5. The molecule has 1 aromatic rings. The van der Waals surface area contributed by atoms with E-state index in [-0.39, 0.29) is 5.69 Å². The quantitative estimate of drug-likeness (QED) is 0.609. The van der Waals surface area contributed by atoms with Crippen LogP contribution in [0.2, 0.25) is 0 Å². The lowest BCUT2D eigenvalue weighted by molar-refractivity contribution is -0.385. The highest BCUT2D eigenvalue weighted by Crippen LogP contribution is 2.21. The van der Waals surface area contributed by atoms with Crippen LogP contribution in [-0.2, 0) is 0 Å². The lowest BCUT2D eigenvalue weighted by Gasteiger charge is -2.27. The van der Waals surface area contributed by atoms with Crippen molar-refractivity contribution in [1.82, 2.24) is 10.3 Å². The Hall–Kier alpha value is -1.69. The van der Waals surface area contributed by atoms with E-state index in [9.17, 15) is 10.1 Å². The van der Waals surface area contributed by atoms with Crippen LogP contribution in [0, 0.1) is 17.0 Å². The van der Waals surface area contributed by atoms with E-state index in [1.165, 1.54) is 12.3 Å². The van der Waals surface area contributed by atoms with Gasteiger partial charge in [-0.1, -0.05) is 0 Å². The second-order valence-corrected chi connectivity index (χ2v) is 3.78. The Labute approximate surface area is 92.8 Å². The average Bonchev–Trinajstić information content (AvgIpc) is 2.17. The Morgan fingerprint density at radius 2 is 2.50 bits per heavy atom. The maximum Gasteiger partial charge on any atom is 0.294 e. The number of aromatic nitrogens is 1. The van der Waals surface area contributed by atoms with Gasteiger partial charge in [-0.05, 0) is 19.9 Å². The summed E-state index contributed by atoms with van der Waals surface area (Å²) in [5.41, 5.74) is 0.401. The van der Waals surface area contributed by atoms with E-state index in [1.54, 1.807) is 6.92 Å². The van der Waals surface area contributed by atoms with Gasteiger partial charge in [0.2, 0.25) is 0 Å². The number of nitrogens with one attached hydrogen (secondary N) is 1. The summed E-state index contributed by atoms with van der Waals surface area (Å²) in [6.45, 7) is 3.15. The average molecular weight is 223 g/mol. The molecule has 86 valence electrons. The monoisotopic (exact) mass is 223 g/mol. The second-order valence-electron chi connectivity index (χ2n) is 3.78. The van der Waals surface area contributed by atoms with E-state index < -0.39 is 4.92 Å². The van der Waals surface area contributed by atoms with Crippen LogP contribution in [0.15, 0.2) is 12.3 Å². The van der Waals surface area contributed by atoms with Gasteiger partial charge in [-0.3, -0.25) is 15.1 Å². The molecule has 6 nitrogen and oxygen atoms in total. The Bertz CT molecular complexity index is 404. The van der Waals surface area contributed by atoms with Crippen LogP contribution in [0.4, 0.5) is 5.69 Å². The SMILES string of the molecule is Cc1ncc(OC[C@H]2CCN2)cc1[N+](=O)[O-]. The number of ether oxygens (including phenoxy) is 1. The van der Waals surface area contributed by atoms with E-state index >= 15 is 0 Å². The minimum atomic E-state index is -0.448. The first-order valence-electron chi connectivity index (χ1n) is 5.14. The van der Waals surface area contributed by atoms with Gasteiger partial charge in [0.1, 0.15) is 18.1 Å². The number of hydrogen-bond donors (Lipinski definition) is 1. The molecule has 2 rings (SSSR count). The van der Waals surface area contributed by atoms with Crippen LogP contribution in [0.1, 0.15) is 12.1 Å². The minimum absolute atomic E-state index is 0.000862. The highest BCUT2D eigenvalue weighted by Gasteiger charge is 2.18. The highest BCUT2D eigenvalue weighted by atomic mass is 16.6. The summed E-state index contributed by atoms with van der Waals surface area (Å²) in [5.74, 6) is 0.450. The molecular weight excluding hydrogens is 210 g/mol. The van der Waals surface area contributed by atoms with E-state index in [2.05, 4.69) is 10.3 Å². The molecule has 2 heterocycles. The zero-order valence-electron chi connectivity index (χ0n) is 8.97. The van der Waals surface area contributed by atoms with Gasteiger partial charge >= 0.3 is 0 Å². The first kappa shape index (κ1) is 10.8. The lowest BCUT2D eigenvalue weighted by Crippen LogP contribution is -2.46. The van der Waals surface area contributed by atoms with Crippen LogP contribution < -0.4 is 10.1 Å². The molecule has 1 atom stereocenters. The molecule has 0 aromatic carbocycles. The molecule has 0 bridgehead atoms. The van der Waals surface area contributed by atoms with Gasteiger partial charge in [-0.25, -0.2) is 0 Å². The molecule has 0 radical (unpaired) electrons. The Morgan fingerprint density at radius 3 is 3.06 bits per heavy atom. The van der Waals surface area contributed by atoms with Crippen molar-refractivity contribution in [3.8, 4) is 5.75 Å². The predicted molar refractivity (Wildman–Crippen MR) is 57.5 cm³/mol. The van der Waals surface area contributed by atoms with E-state index in [0.29, 0.717) is 24.1 Å². The fourth-order valence-electron chi connectivity index (χ4n) is 1.45. The topological polar surface area (TPSA) is 77.3 Å². The zero-order valence-corrected chi connectivity index (χ0v) is 8.97. The van der Waals surface area contributed by atoms with Crippen LogP contribution in [-0.4, -0.2) is 29.1 Å². The van der Waals surface area contributed by atoms with Gasteiger partial charge in [0, 0.05) is 6.04 Å². The van der Waals surface area contributed by atoms with Gasteiger partial charge in [0.05, 0.1) is 17.2 Å². The molecule has 1 aliphatic heterocycles. The molecule has 0 saturated carbocycles. The number of rotatable bonds is 4. The molecule has 0 aliphatic carbocycles. The van der Waals surface area contributed by atoms with Crippen molar-refractivity contribution in [3.05, 3.63) is 28.1 Å². The Balaban J connectivity index is 2.03. The van der Waals surface area contributed by atoms with Crippen LogP contribution in [0.5, 0.6) is 5.75 Å². The third kappa shape index (κ3) is 2.27. The number of pyridine rings is 1. The first-order valence-corrected chi connectivity index (χ1v) is 5.14. The first-order chi connectivity index (χ1) is 7.66. The van der Waals surface area contributed by atoms with Crippen LogP contribution in [0.3, 0.4) is 0 Å². The fourth-order valence-corrected chi connectivity index (χ4v) is 1.45. The molecular formula is C10H13N3O3. The molecule has 0 spiro atoms. The van der Waals surface area contributed by atoms with Gasteiger partial charge in [0.25, 0.3) is 5.69 Å². The molecule has 6 heteroatoms. The van der Waals surface area contributed by atoms with Crippen LogP contribution >= 0.6 is 0 Å². The summed E-state index contributed by atoms with van der Waals surface area (Å²) in [5, 5.41) is 13.9. The molecule has 0 unspecified atom stereocenters. The Kier molecular flexibility index (Phi) is 3.00. The summed E-state index contributed by atoms with van der Waals surface area (Å²) in [4.78, 5) is 14.2. The van der Waals surface area contributed by atoms with Gasteiger partial charge < -0.3 is 10.1 Å². The van der Waals surface area contributed by atoms with Gasteiger partial charge in [0.15, 0.2) is 0 Å². The maximum absolute atomic E-state index is 10.7. The van der Waals surface area contributed by atoms with Gasteiger partial charge in [-0.15, -0.1) is 0 Å². The van der Waals surface area contributed by atoms with Crippen molar-refractivity contribution in [2.75, 3.05) is 13.2 Å². The standard InChI is InChI=1S/C10H13N3O3/c1-7-10(13(14)15)4-9(5-12-7)16-6-8-2-3-11-8/h4-5,8,11H,2-3,6H2,1H3/t8-/m1/s1. The molecule has 16 heavy (non-hydrogen) atoms. The summed E-state index contributed by atoms with van der Waals surface area (Å²) in [6.07, 6.45) is 2.60. The molecule has 1 N–H and O–H groups in total.